The molecule has 412 valence electrons. The highest BCUT2D eigenvalue weighted by Gasteiger charge is 2.51. The lowest BCUT2D eigenvalue weighted by atomic mass is 9.97. The van der Waals surface area contributed by atoms with Crippen LogP contribution in [0.2, 0.25) is 0 Å². The summed E-state index contributed by atoms with van der Waals surface area (Å²) in [5.41, 5.74) is 0. The minimum atomic E-state index is -1.78. The van der Waals surface area contributed by atoms with E-state index in [1.807, 2.05) is 6.08 Å². The van der Waals surface area contributed by atoms with E-state index < -0.39 is 86.8 Å². The molecule has 0 aromatic carbocycles. The van der Waals surface area contributed by atoms with Gasteiger partial charge in [0.15, 0.2) is 12.6 Å². The van der Waals surface area contributed by atoms with Crippen LogP contribution in [0.5, 0.6) is 0 Å². The molecule has 12 atom stereocenters. The van der Waals surface area contributed by atoms with Gasteiger partial charge >= 0.3 is 0 Å². The molecule has 0 aromatic rings. The third-order valence-electron chi connectivity index (χ3n) is 14.1. The van der Waals surface area contributed by atoms with Gasteiger partial charge in [-0.05, 0) is 44.9 Å². The zero-order valence-corrected chi connectivity index (χ0v) is 44.0. The van der Waals surface area contributed by atoms with Crippen molar-refractivity contribution in [2.24, 2.45) is 0 Å². The van der Waals surface area contributed by atoms with E-state index in [2.05, 4.69) is 31.3 Å². The van der Waals surface area contributed by atoms with Crippen molar-refractivity contribution in [3.63, 3.8) is 0 Å². The maximum Gasteiger partial charge on any atom is 0.220 e. The third kappa shape index (κ3) is 28.8. The molecule has 0 saturated carbocycles. The normalized spacial score (nSPS) is 26.1. The van der Waals surface area contributed by atoms with Gasteiger partial charge in [-0.15, -0.1) is 0 Å². The van der Waals surface area contributed by atoms with E-state index in [0.29, 0.717) is 6.42 Å². The molecule has 0 bridgehead atoms. The zero-order valence-electron chi connectivity index (χ0n) is 44.0. The number of aliphatic hydroxyl groups is 8. The van der Waals surface area contributed by atoms with Crippen LogP contribution in [0.15, 0.2) is 24.3 Å². The Hall–Kier alpha value is -1.53. The summed E-state index contributed by atoms with van der Waals surface area (Å²) < 4.78 is 22.6. The summed E-state index contributed by atoms with van der Waals surface area (Å²) in [4.78, 5) is 13.1. The van der Waals surface area contributed by atoms with Crippen molar-refractivity contribution in [3.05, 3.63) is 24.3 Å². The van der Waals surface area contributed by atoms with E-state index in [1.54, 1.807) is 6.08 Å². The molecule has 2 fully saturated rings. The average molecular weight is 1000 g/mol. The van der Waals surface area contributed by atoms with Gasteiger partial charge in [-0.3, -0.25) is 4.79 Å². The number of carbonyl (C=O) groups excluding carboxylic acids is 1. The fourth-order valence-corrected chi connectivity index (χ4v) is 9.46. The number of carbonyl (C=O) groups is 1. The monoisotopic (exact) mass is 1000 g/mol. The van der Waals surface area contributed by atoms with Gasteiger partial charge in [-0.1, -0.05) is 205 Å². The molecule has 0 aromatic heterocycles. The number of rotatable bonds is 45. The second kappa shape index (κ2) is 42.8. The maximum atomic E-state index is 13.1. The summed E-state index contributed by atoms with van der Waals surface area (Å²) in [5.74, 6) is -0.241. The van der Waals surface area contributed by atoms with Gasteiger partial charge in [0.1, 0.15) is 48.8 Å². The number of amides is 1. The molecule has 14 heteroatoms. The second-order valence-electron chi connectivity index (χ2n) is 20.4. The molecule has 2 rings (SSSR count). The molecule has 1 amide bonds. The predicted octanol–water partition coefficient (Wildman–Crippen LogP) is 8.89. The first-order valence-corrected chi connectivity index (χ1v) is 28.6. The molecule has 0 aliphatic carbocycles. The standard InChI is InChI=1S/C56H105NO13/c1-3-5-7-9-11-12-13-14-15-16-17-18-19-20-21-22-23-24-25-26-27-28-29-30-31-32-34-36-38-40-48(61)57-44(45(60)39-37-35-33-10-8-6-4-2)43-67-55-53(66)51(64)54(47(42-59)69-55)70-56-52(65)50(63)49(62)46(41-58)68-56/h16-17,37,39,44-47,49-56,58-60,62-66H,3-15,18-36,38,40-43H2,1-2H3,(H,57,61)/b17-16-,39-37+. The Bertz CT molecular complexity index is 1270. The van der Waals surface area contributed by atoms with Crippen molar-refractivity contribution in [2.45, 2.75) is 306 Å². The predicted molar refractivity (Wildman–Crippen MR) is 277 cm³/mol. The first kappa shape index (κ1) is 64.6. The first-order valence-electron chi connectivity index (χ1n) is 28.6. The van der Waals surface area contributed by atoms with Crippen LogP contribution in [0.3, 0.4) is 0 Å². The van der Waals surface area contributed by atoms with Crippen LogP contribution in [0.4, 0.5) is 0 Å². The number of hydrogen-bond acceptors (Lipinski definition) is 13. The fraction of sp³-hybridized carbons (Fsp3) is 0.911. The average Bonchev–Trinajstić information content (AvgIpc) is 3.36. The van der Waals surface area contributed by atoms with Gasteiger partial charge in [-0.2, -0.15) is 0 Å². The smallest absolute Gasteiger partial charge is 0.220 e. The lowest BCUT2D eigenvalue weighted by molar-refractivity contribution is -0.359. The highest BCUT2D eigenvalue weighted by atomic mass is 16.7. The van der Waals surface area contributed by atoms with Crippen LogP contribution in [-0.2, 0) is 23.7 Å². The lowest BCUT2D eigenvalue weighted by Gasteiger charge is -2.46. The zero-order chi connectivity index (χ0) is 51.0. The van der Waals surface area contributed by atoms with E-state index in [1.165, 1.54) is 154 Å². The van der Waals surface area contributed by atoms with Crippen molar-refractivity contribution in [3.8, 4) is 0 Å². The van der Waals surface area contributed by atoms with Crippen molar-refractivity contribution < 1.29 is 64.6 Å². The van der Waals surface area contributed by atoms with Crippen molar-refractivity contribution in [2.75, 3.05) is 19.8 Å². The molecule has 2 aliphatic rings. The van der Waals surface area contributed by atoms with Crippen LogP contribution in [0, 0.1) is 0 Å². The van der Waals surface area contributed by atoms with E-state index in [0.717, 1.165) is 51.4 Å². The quantitative estimate of drug-likeness (QED) is 0.0205. The Morgan fingerprint density at radius 1 is 0.500 bits per heavy atom. The Balaban J connectivity index is 1.61. The summed E-state index contributed by atoms with van der Waals surface area (Å²) in [6, 6.07) is -0.908. The Morgan fingerprint density at radius 3 is 1.36 bits per heavy atom. The molecule has 0 radical (unpaired) electrons. The molecule has 2 aliphatic heterocycles. The fourth-order valence-electron chi connectivity index (χ4n) is 9.46. The molecule has 14 nitrogen and oxygen atoms in total. The first-order chi connectivity index (χ1) is 34.1. The Labute approximate surface area is 424 Å². The molecule has 70 heavy (non-hydrogen) atoms. The summed E-state index contributed by atoms with van der Waals surface area (Å²) in [5, 5.41) is 86.5. The number of nitrogens with one attached hydrogen (secondary N) is 1. The number of unbranched alkanes of at least 4 members (excludes halogenated alkanes) is 30. The number of aliphatic hydroxyl groups excluding tert-OH is 8. The van der Waals surface area contributed by atoms with Gasteiger partial charge in [-0.25, -0.2) is 0 Å². The van der Waals surface area contributed by atoms with Crippen LogP contribution in [-0.4, -0.2) is 140 Å². The van der Waals surface area contributed by atoms with Gasteiger partial charge in [0.05, 0.1) is 32.0 Å². The van der Waals surface area contributed by atoms with Crippen LogP contribution < -0.4 is 5.32 Å². The molecule has 12 unspecified atom stereocenters. The van der Waals surface area contributed by atoms with Crippen molar-refractivity contribution >= 4 is 5.91 Å². The molecule has 9 N–H and O–H groups in total. The second-order valence-corrected chi connectivity index (χ2v) is 20.4. The van der Waals surface area contributed by atoms with E-state index in [-0.39, 0.29) is 18.9 Å². The van der Waals surface area contributed by atoms with Crippen LogP contribution >= 0.6 is 0 Å². The van der Waals surface area contributed by atoms with Gasteiger partial charge in [0.25, 0.3) is 0 Å². The minimum absolute atomic E-state index is 0.241. The highest BCUT2D eigenvalue weighted by molar-refractivity contribution is 5.76. The third-order valence-corrected chi connectivity index (χ3v) is 14.1. The maximum absolute atomic E-state index is 13.1. The van der Waals surface area contributed by atoms with E-state index >= 15 is 0 Å². The van der Waals surface area contributed by atoms with Gasteiger partial charge in [0.2, 0.25) is 5.91 Å². The Kier molecular flexibility index (Phi) is 39.5. The van der Waals surface area contributed by atoms with Crippen molar-refractivity contribution in [1.82, 2.24) is 5.32 Å². The SMILES string of the molecule is CCCCCCC/C=C/C(O)C(COC1OC(CO)C(OC2OC(CO)C(O)C(O)C2O)C(O)C1O)NC(=O)CCCCCCCCCCCCCCCCCCC/C=C\CCCCCCCCCC. The van der Waals surface area contributed by atoms with E-state index in [9.17, 15) is 45.6 Å². The molecule has 2 saturated heterocycles. The highest BCUT2D eigenvalue weighted by Crippen LogP contribution is 2.30. The van der Waals surface area contributed by atoms with Gasteiger partial charge in [0, 0.05) is 6.42 Å². The number of allylic oxidation sites excluding steroid dienone is 3. The van der Waals surface area contributed by atoms with Crippen molar-refractivity contribution in [1.29, 1.82) is 0 Å². The summed E-state index contributed by atoms with van der Waals surface area (Å²) in [6.07, 6.45) is 32.8. The topological polar surface area (TPSA) is 228 Å². The summed E-state index contributed by atoms with van der Waals surface area (Å²) in [7, 11) is 0. The van der Waals surface area contributed by atoms with E-state index in [4.69, 9.17) is 18.9 Å². The molecule has 0 spiro atoms. The number of ether oxygens (including phenoxy) is 4. The molecule has 2 heterocycles. The van der Waals surface area contributed by atoms with Crippen LogP contribution in [0.25, 0.3) is 0 Å². The van der Waals surface area contributed by atoms with Gasteiger partial charge < -0.3 is 65.1 Å². The largest absolute Gasteiger partial charge is 0.394 e. The summed E-state index contributed by atoms with van der Waals surface area (Å²) >= 11 is 0. The minimum Gasteiger partial charge on any atom is -0.394 e. The molecular weight excluding hydrogens is 895 g/mol. The lowest BCUT2D eigenvalue weighted by Crippen LogP contribution is -2.65. The summed E-state index contributed by atoms with van der Waals surface area (Å²) in [6.45, 7) is 2.73. The Morgan fingerprint density at radius 2 is 0.900 bits per heavy atom. The molecular formula is C56H105NO13. The number of hydrogen-bond donors (Lipinski definition) is 9. The van der Waals surface area contributed by atoms with Crippen LogP contribution in [0.1, 0.15) is 232 Å².